The standard InChI is InChI=1S/C10H22N2OS/c1-7(2)12-9(13)8(3)14-6-10(4,5)11/h7-8H,6,11H2,1-5H3,(H,12,13). The molecule has 3 nitrogen and oxygen atoms in total. The zero-order valence-electron chi connectivity index (χ0n) is 9.76. The number of hydrogen-bond donors (Lipinski definition) is 2. The normalized spacial score (nSPS) is 14.2. The second-order valence-corrected chi connectivity index (χ2v) is 5.93. The maximum atomic E-state index is 11.5. The molecule has 0 heterocycles. The maximum absolute atomic E-state index is 11.5. The summed E-state index contributed by atoms with van der Waals surface area (Å²) in [5.41, 5.74) is 5.62. The van der Waals surface area contributed by atoms with Crippen LogP contribution in [0.4, 0.5) is 0 Å². The lowest BCUT2D eigenvalue weighted by Crippen LogP contribution is -2.39. The summed E-state index contributed by atoms with van der Waals surface area (Å²) < 4.78 is 0. The Balaban J connectivity index is 3.85. The zero-order valence-corrected chi connectivity index (χ0v) is 10.6. The molecule has 0 aliphatic carbocycles. The average molecular weight is 218 g/mol. The van der Waals surface area contributed by atoms with Crippen LogP contribution in [-0.4, -0.2) is 28.5 Å². The quantitative estimate of drug-likeness (QED) is 0.733. The summed E-state index contributed by atoms with van der Waals surface area (Å²) in [5.74, 6) is 0.883. The molecule has 0 aromatic rings. The van der Waals surface area contributed by atoms with Crippen molar-refractivity contribution in [2.75, 3.05) is 5.75 Å². The topological polar surface area (TPSA) is 55.1 Å². The zero-order chi connectivity index (χ0) is 11.4. The highest BCUT2D eigenvalue weighted by atomic mass is 32.2. The Morgan fingerprint density at radius 3 is 2.29 bits per heavy atom. The summed E-state index contributed by atoms with van der Waals surface area (Å²) in [6, 6.07) is 0.205. The summed E-state index contributed by atoms with van der Waals surface area (Å²) >= 11 is 1.60. The van der Waals surface area contributed by atoms with Crippen LogP contribution in [-0.2, 0) is 4.79 Å². The Morgan fingerprint density at radius 1 is 1.43 bits per heavy atom. The predicted octanol–water partition coefficient (Wildman–Crippen LogP) is 1.37. The molecule has 0 bridgehead atoms. The highest BCUT2D eigenvalue weighted by molar-refractivity contribution is 8.00. The van der Waals surface area contributed by atoms with E-state index in [4.69, 9.17) is 5.73 Å². The average Bonchev–Trinajstić information content (AvgIpc) is 1.97. The summed E-state index contributed by atoms with van der Waals surface area (Å²) in [5, 5.41) is 2.85. The van der Waals surface area contributed by atoms with Gasteiger partial charge in [0.25, 0.3) is 0 Å². The van der Waals surface area contributed by atoms with E-state index < -0.39 is 0 Å². The van der Waals surface area contributed by atoms with Gasteiger partial charge in [0.05, 0.1) is 5.25 Å². The number of carbonyl (C=O) groups excluding carboxylic acids is 1. The second kappa shape index (κ2) is 5.61. The van der Waals surface area contributed by atoms with Crippen LogP contribution in [0.25, 0.3) is 0 Å². The van der Waals surface area contributed by atoms with E-state index in [2.05, 4.69) is 5.32 Å². The van der Waals surface area contributed by atoms with Crippen molar-refractivity contribution in [3.63, 3.8) is 0 Å². The molecule has 0 aromatic carbocycles. The van der Waals surface area contributed by atoms with Gasteiger partial charge in [0, 0.05) is 17.3 Å². The van der Waals surface area contributed by atoms with Crippen LogP contribution in [0, 0.1) is 0 Å². The molecule has 0 rings (SSSR count). The number of hydrogen-bond acceptors (Lipinski definition) is 3. The Labute approximate surface area is 91.2 Å². The summed E-state index contributed by atoms with van der Waals surface area (Å²) in [4.78, 5) is 11.5. The number of amides is 1. The SMILES string of the molecule is CC(C)NC(=O)C(C)SCC(C)(C)N. The number of carbonyl (C=O) groups is 1. The van der Waals surface area contributed by atoms with E-state index >= 15 is 0 Å². The van der Waals surface area contributed by atoms with Crippen LogP contribution in [0.5, 0.6) is 0 Å². The molecule has 0 aliphatic rings. The number of thioether (sulfide) groups is 1. The lowest BCUT2D eigenvalue weighted by molar-refractivity contribution is -0.120. The lowest BCUT2D eigenvalue weighted by atomic mass is 10.1. The lowest BCUT2D eigenvalue weighted by Gasteiger charge is -2.21. The minimum atomic E-state index is -0.211. The fraction of sp³-hybridized carbons (Fsp3) is 0.900. The Kier molecular flexibility index (Phi) is 5.52. The number of nitrogens with two attached hydrogens (primary N) is 1. The summed E-state index contributed by atoms with van der Waals surface area (Å²) in [7, 11) is 0. The second-order valence-electron chi connectivity index (χ2n) is 4.61. The van der Waals surface area contributed by atoms with Crippen LogP contribution in [0.3, 0.4) is 0 Å². The van der Waals surface area contributed by atoms with E-state index in [1.807, 2.05) is 34.6 Å². The van der Waals surface area contributed by atoms with Gasteiger partial charge < -0.3 is 11.1 Å². The molecule has 1 unspecified atom stereocenters. The van der Waals surface area contributed by atoms with Crippen molar-refractivity contribution < 1.29 is 4.79 Å². The molecule has 0 spiro atoms. The highest BCUT2D eigenvalue weighted by Gasteiger charge is 2.18. The van der Waals surface area contributed by atoms with Crippen molar-refractivity contribution in [3.8, 4) is 0 Å². The fourth-order valence-electron chi connectivity index (χ4n) is 0.817. The van der Waals surface area contributed by atoms with Crippen molar-refractivity contribution in [2.45, 2.75) is 51.4 Å². The molecule has 0 fully saturated rings. The molecule has 0 aliphatic heterocycles. The summed E-state index contributed by atoms with van der Waals surface area (Å²) in [6.07, 6.45) is 0. The number of nitrogens with one attached hydrogen (secondary N) is 1. The first-order valence-electron chi connectivity index (χ1n) is 4.93. The summed E-state index contributed by atoms with van der Waals surface area (Å²) in [6.45, 7) is 9.76. The van der Waals surface area contributed by atoms with Crippen molar-refractivity contribution >= 4 is 17.7 Å². The van der Waals surface area contributed by atoms with Gasteiger partial charge in [-0.1, -0.05) is 0 Å². The van der Waals surface area contributed by atoms with E-state index in [0.717, 1.165) is 5.75 Å². The fourth-order valence-corrected chi connectivity index (χ4v) is 1.72. The first-order chi connectivity index (χ1) is 6.22. The van der Waals surface area contributed by atoms with Crippen molar-refractivity contribution in [2.24, 2.45) is 5.73 Å². The molecule has 0 radical (unpaired) electrons. The van der Waals surface area contributed by atoms with E-state index in [0.29, 0.717) is 0 Å². The monoisotopic (exact) mass is 218 g/mol. The van der Waals surface area contributed by atoms with Gasteiger partial charge in [0.15, 0.2) is 0 Å². The van der Waals surface area contributed by atoms with Gasteiger partial charge in [0.2, 0.25) is 5.91 Å². The molecular formula is C10H22N2OS. The molecule has 0 saturated heterocycles. The highest BCUT2D eigenvalue weighted by Crippen LogP contribution is 2.16. The van der Waals surface area contributed by atoms with Crippen molar-refractivity contribution in [1.82, 2.24) is 5.32 Å². The molecule has 0 aromatic heterocycles. The minimum Gasteiger partial charge on any atom is -0.353 e. The van der Waals surface area contributed by atoms with E-state index in [1.165, 1.54) is 0 Å². The van der Waals surface area contributed by atoms with E-state index in [9.17, 15) is 4.79 Å². The minimum absolute atomic E-state index is 0.0276. The van der Waals surface area contributed by atoms with Crippen LogP contribution in [0.2, 0.25) is 0 Å². The Bertz CT molecular complexity index is 187. The van der Waals surface area contributed by atoms with Gasteiger partial charge in [0.1, 0.15) is 0 Å². The van der Waals surface area contributed by atoms with Crippen LogP contribution in [0.1, 0.15) is 34.6 Å². The van der Waals surface area contributed by atoms with Gasteiger partial charge in [-0.3, -0.25) is 4.79 Å². The van der Waals surface area contributed by atoms with E-state index in [-0.39, 0.29) is 22.7 Å². The maximum Gasteiger partial charge on any atom is 0.233 e. The smallest absolute Gasteiger partial charge is 0.233 e. The van der Waals surface area contributed by atoms with Gasteiger partial charge in [-0.05, 0) is 34.6 Å². The van der Waals surface area contributed by atoms with Gasteiger partial charge in [-0.2, -0.15) is 0 Å². The molecular weight excluding hydrogens is 196 g/mol. The van der Waals surface area contributed by atoms with Crippen molar-refractivity contribution in [3.05, 3.63) is 0 Å². The van der Waals surface area contributed by atoms with Crippen molar-refractivity contribution in [1.29, 1.82) is 0 Å². The van der Waals surface area contributed by atoms with Crippen LogP contribution < -0.4 is 11.1 Å². The van der Waals surface area contributed by atoms with Gasteiger partial charge in [-0.15, -0.1) is 11.8 Å². The Hall–Kier alpha value is -0.220. The molecule has 1 amide bonds. The largest absolute Gasteiger partial charge is 0.353 e. The first kappa shape index (κ1) is 13.8. The third-order valence-corrected chi connectivity index (χ3v) is 3.13. The number of rotatable bonds is 5. The van der Waals surface area contributed by atoms with E-state index in [1.54, 1.807) is 11.8 Å². The Morgan fingerprint density at radius 2 is 1.93 bits per heavy atom. The molecule has 3 N–H and O–H groups in total. The van der Waals surface area contributed by atoms with Crippen LogP contribution in [0.15, 0.2) is 0 Å². The molecule has 84 valence electrons. The third kappa shape index (κ3) is 7.21. The molecule has 14 heavy (non-hydrogen) atoms. The van der Waals surface area contributed by atoms with Gasteiger partial charge in [-0.25, -0.2) is 0 Å². The molecule has 1 atom stereocenters. The predicted molar refractivity (Wildman–Crippen MR) is 63.5 cm³/mol. The molecule has 0 saturated carbocycles. The third-order valence-electron chi connectivity index (χ3n) is 1.51. The first-order valence-corrected chi connectivity index (χ1v) is 5.98. The van der Waals surface area contributed by atoms with Gasteiger partial charge >= 0.3 is 0 Å². The van der Waals surface area contributed by atoms with Crippen LogP contribution >= 0.6 is 11.8 Å². The molecule has 4 heteroatoms.